The van der Waals surface area contributed by atoms with Gasteiger partial charge in [0.25, 0.3) is 11.6 Å². The van der Waals surface area contributed by atoms with Gasteiger partial charge in [0.15, 0.2) is 0 Å². The molecule has 0 bridgehead atoms. The van der Waals surface area contributed by atoms with E-state index in [1.165, 1.54) is 0 Å². The van der Waals surface area contributed by atoms with Gasteiger partial charge in [-0.1, -0.05) is 54.6 Å². The summed E-state index contributed by atoms with van der Waals surface area (Å²) in [5, 5.41) is 16.4. The van der Waals surface area contributed by atoms with E-state index in [2.05, 4.69) is 10.5 Å². The van der Waals surface area contributed by atoms with Crippen LogP contribution in [-0.2, 0) is 0 Å². The summed E-state index contributed by atoms with van der Waals surface area (Å²) in [5.74, 6) is -0.347. The number of fused-ring (bicyclic) bond motifs is 1. The Hall–Kier alpha value is -5.11. The Morgan fingerprint density at radius 1 is 0.974 bits per heavy atom. The van der Waals surface area contributed by atoms with Gasteiger partial charge in [-0.15, -0.1) is 0 Å². The highest BCUT2D eigenvalue weighted by Crippen LogP contribution is 2.27. The molecule has 1 N–H and O–H groups in total. The van der Waals surface area contributed by atoms with Crippen LogP contribution in [0.15, 0.2) is 90.0 Å². The van der Waals surface area contributed by atoms with Gasteiger partial charge in [-0.3, -0.25) is 14.9 Å². The van der Waals surface area contributed by atoms with Gasteiger partial charge in [0.2, 0.25) is 0 Å². The van der Waals surface area contributed by atoms with Gasteiger partial charge < -0.3 is 4.57 Å². The molecule has 0 saturated heterocycles. The standard InChI is InChI=1S/C30H25N5O3/c1-19-13-14-24(16-29(19)35(37)38)34-20(2)15-23(21(34)3)18-31-33-30(36)26-17-28(22-9-5-4-6-10-22)32-27-12-8-7-11-25(26)27/h4-18H,1-3H3,(H,33,36)/b31-18+. The number of nitro benzene ring substituents is 1. The van der Waals surface area contributed by atoms with Crippen molar-refractivity contribution in [2.24, 2.45) is 5.10 Å². The molecule has 0 aliphatic heterocycles. The second-order valence-electron chi connectivity index (χ2n) is 9.03. The Morgan fingerprint density at radius 3 is 2.47 bits per heavy atom. The number of carbonyl (C=O) groups is 1. The van der Waals surface area contributed by atoms with Gasteiger partial charge in [-0.05, 0) is 45.0 Å². The number of aryl methyl sites for hydroxylation is 2. The smallest absolute Gasteiger partial charge is 0.274 e. The number of hydrogen-bond acceptors (Lipinski definition) is 5. The summed E-state index contributed by atoms with van der Waals surface area (Å²) in [6.45, 7) is 5.54. The van der Waals surface area contributed by atoms with Crippen molar-refractivity contribution in [3.05, 3.63) is 123 Å². The third kappa shape index (κ3) is 4.67. The van der Waals surface area contributed by atoms with Crippen molar-refractivity contribution in [1.29, 1.82) is 0 Å². The zero-order valence-corrected chi connectivity index (χ0v) is 21.2. The van der Waals surface area contributed by atoms with Gasteiger partial charge in [-0.2, -0.15) is 5.10 Å². The van der Waals surface area contributed by atoms with Gasteiger partial charge >= 0.3 is 0 Å². The maximum absolute atomic E-state index is 13.2. The molecule has 0 unspecified atom stereocenters. The average Bonchev–Trinajstić information content (AvgIpc) is 3.21. The van der Waals surface area contributed by atoms with Crippen molar-refractivity contribution < 1.29 is 9.72 Å². The number of hydrazone groups is 1. The fourth-order valence-electron chi connectivity index (χ4n) is 4.59. The molecule has 188 valence electrons. The van der Waals surface area contributed by atoms with E-state index < -0.39 is 0 Å². The maximum Gasteiger partial charge on any atom is 0.274 e. The Bertz CT molecular complexity index is 1720. The fourth-order valence-corrected chi connectivity index (χ4v) is 4.59. The molecule has 1 amide bonds. The summed E-state index contributed by atoms with van der Waals surface area (Å²) in [4.78, 5) is 29.0. The number of amides is 1. The Labute approximate surface area is 219 Å². The largest absolute Gasteiger partial charge is 0.318 e. The lowest BCUT2D eigenvalue weighted by Gasteiger charge is -2.10. The molecule has 2 aromatic heterocycles. The summed E-state index contributed by atoms with van der Waals surface area (Å²) >= 11 is 0. The van der Waals surface area contributed by atoms with Crippen LogP contribution in [0.25, 0.3) is 27.8 Å². The quantitative estimate of drug-likeness (QED) is 0.167. The zero-order chi connectivity index (χ0) is 26.8. The number of pyridine rings is 1. The summed E-state index contributed by atoms with van der Waals surface area (Å²) in [7, 11) is 0. The van der Waals surface area contributed by atoms with Crippen molar-refractivity contribution >= 4 is 28.7 Å². The van der Waals surface area contributed by atoms with Crippen LogP contribution in [-0.4, -0.2) is 26.6 Å². The molecule has 0 radical (unpaired) electrons. The second kappa shape index (κ2) is 10.1. The molecular formula is C30H25N5O3. The van der Waals surface area contributed by atoms with E-state index in [1.54, 1.807) is 31.3 Å². The second-order valence-corrected chi connectivity index (χ2v) is 9.03. The number of benzene rings is 3. The molecule has 3 aromatic carbocycles. The van der Waals surface area contributed by atoms with Crippen molar-refractivity contribution in [3.63, 3.8) is 0 Å². The van der Waals surface area contributed by atoms with Crippen LogP contribution in [0.3, 0.4) is 0 Å². The minimum atomic E-state index is -0.378. The summed E-state index contributed by atoms with van der Waals surface area (Å²) in [5.41, 5.74) is 9.35. The SMILES string of the molecule is Cc1ccc(-n2c(C)cc(/C=N/NC(=O)c3cc(-c4ccccc4)nc4ccccc34)c2C)cc1[N+](=O)[O-]. The third-order valence-electron chi connectivity index (χ3n) is 6.52. The Kier molecular flexibility index (Phi) is 6.53. The molecule has 0 atom stereocenters. The van der Waals surface area contributed by atoms with Crippen LogP contribution in [0, 0.1) is 30.9 Å². The number of para-hydroxylation sites is 1. The van der Waals surface area contributed by atoms with E-state index in [4.69, 9.17) is 4.98 Å². The van der Waals surface area contributed by atoms with Crippen LogP contribution >= 0.6 is 0 Å². The van der Waals surface area contributed by atoms with Crippen LogP contribution in [0.1, 0.15) is 32.9 Å². The lowest BCUT2D eigenvalue weighted by Crippen LogP contribution is -2.18. The lowest BCUT2D eigenvalue weighted by molar-refractivity contribution is -0.385. The van der Waals surface area contributed by atoms with E-state index in [-0.39, 0.29) is 16.5 Å². The first kappa shape index (κ1) is 24.6. The highest BCUT2D eigenvalue weighted by atomic mass is 16.6. The molecule has 0 spiro atoms. The molecule has 38 heavy (non-hydrogen) atoms. The number of nitrogens with one attached hydrogen (secondary N) is 1. The van der Waals surface area contributed by atoms with E-state index in [0.717, 1.165) is 33.4 Å². The van der Waals surface area contributed by atoms with Crippen LogP contribution in [0.5, 0.6) is 0 Å². The van der Waals surface area contributed by atoms with Crippen molar-refractivity contribution in [2.75, 3.05) is 0 Å². The first-order valence-corrected chi connectivity index (χ1v) is 12.1. The van der Waals surface area contributed by atoms with Crippen molar-refractivity contribution in [1.82, 2.24) is 15.0 Å². The highest BCUT2D eigenvalue weighted by molar-refractivity contribution is 6.07. The fraction of sp³-hybridized carbons (Fsp3) is 0.100. The highest BCUT2D eigenvalue weighted by Gasteiger charge is 2.16. The van der Waals surface area contributed by atoms with E-state index >= 15 is 0 Å². The van der Waals surface area contributed by atoms with Crippen LogP contribution in [0.4, 0.5) is 5.69 Å². The number of hydrogen-bond donors (Lipinski definition) is 1. The normalized spacial score (nSPS) is 11.2. The number of nitrogens with zero attached hydrogens (tertiary/aromatic N) is 4. The number of nitro groups is 1. The molecule has 0 saturated carbocycles. The Balaban J connectivity index is 1.43. The topological polar surface area (TPSA) is 102 Å². The molecule has 8 nitrogen and oxygen atoms in total. The molecule has 5 rings (SSSR count). The lowest BCUT2D eigenvalue weighted by atomic mass is 10.0. The minimum Gasteiger partial charge on any atom is -0.318 e. The Morgan fingerprint density at radius 2 is 1.71 bits per heavy atom. The summed E-state index contributed by atoms with van der Waals surface area (Å²) < 4.78 is 1.93. The van der Waals surface area contributed by atoms with Gasteiger partial charge in [-0.25, -0.2) is 10.4 Å². The van der Waals surface area contributed by atoms with E-state index in [0.29, 0.717) is 22.5 Å². The average molecular weight is 504 g/mol. The first-order valence-electron chi connectivity index (χ1n) is 12.1. The van der Waals surface area contributed by atoms with Crippen LogP contribution in [0.2, 0.25) is 0 Å². The predicted molar refractivity (Wildman–Crippen MR) is 149 cm³/mol. The minimum absolute atomic E-state index is 0.0666. The zero-order valence-electron chi connectivity index (χ0n) is 21.2. The summed E-state index contributed by atoms with van der Waals surface area (Å²) in [6, 6.07) is 26.1. The van der Waals surface area contributed by atoms with Gasteiger partial charge in [0.1, 0.15) is 0 Å². The molecule has 2 heterocycles. The molecule has 8 heteroatoms. The third-order valence-corrected chi connectivity index (χ3v) is 6.52. The van der Waals surface area contributed by atoms with E-state index in [1.807, 2.05) is 85.1 Å². The summed E-state index contributed by atoms with van der Waals surface area (Å²) in [6.07, 6.45) is 1.58. The molecule has 0 fully saturated rings. The maximum atomic E-state index is 13.2. The molecule has 5 aromatic rings. The monoisotopic (exact) mass is 503 g/mol. The molecular weight excluding hydrogens is 478 g/mol. The van der Waals surface area contributed by atoms with Crippen molar-refractivity contribution in [2.45, 2.75) is 20.8 Å². The van der Waals surface area contributed by atoms with Crippen LogP contribution < -0.4 is 5.43 Å². The molecule has 0 aliphatic carbocycles. The predicted octanol–water partition coefficient (Wildman–Crippen LogP) is 6.29. The van der Waals surface area contributed by atoms with Gasteiger partial charge in [0, 0.05) is 39.5 Å². The van der Waals surface area contributed by atoms with Gasteiger partial charge in [0.05, 0.1) is 33.6 Å². The molecule has 0 aliphatic rings. The number of aromatic nitrogens is 2. The van der Waals surface area contributed by atoms with Crippen molar-refractivity contribution in [3.8, 4) is 16.9 Å². The first-order chi connectivity index (χ1) is 18.3. The number of rotatable bonds is 6. The van der Waals surface area contributed by atoms with E-state index in [9.17, 15) is 14.9 Å². The number of carbonyl (C=O) groups excluding carboxylic acids is 1.